The highest BCUT2D eigenvalue weighted by Crippen LogP contribution is 2.21. The molecule has 1 aliphatic heterocycles. The summed E-state index contributed by atoms with van der Waals surface area (Å²) in [6.07, 6.45) is 3.87. The molecule has 0 bridgehead atoms. The summed E-state index contributed by atoms with van der Waals surface area (Å²) >= 11 is 0. The standard InChI is InChI=1S/C14H22N2O/c1-16(13-4-6-14(17)7-5-13)11-12-3-2-9-15-10-8-12/h4-7,12,15,17H,2-3,8-11H2,1H3. The van der Waals surface area contributed by atoms with Crippen molar-refractivity contribution in [2.75, 3.05) is 31.6 Å². The lowest BCUT2D eigenvalue weighted by Crippen LogP contribution is -2.26. The smallest absolute Gasteiger partial charge is 0.115 e. The lowest BCUT2D eigenvalue weighted by atomic mass is 10.00. The van der Waals surface area contributed by atoms with Crippen molar-refractivity contribution in [1.29, 1.82) is 0 Å². The predicted octanol–water partition coefficient (Wildman–Crippen LogP) is 2.22. The van der Waals surface area contributed by atoms with Crippen LogP contribution < -0.4 is 10.2 Å². The SMILES string of the molecule is CN(CC1CCCNCC1)c1ccc(O)cc1. The molecule has 1 atom stereocenters. The fraction of sp³-hybridized carbons (Fsp3) is 0.571. The third-order valence-electron chi connectivity index (χ3n) is 3.52. The predicted molar refractivity (Wildman–Crippen MR) is 71.6 cm³/mol. The molecule has 3 heteroatoms. The first-order chi connectivity index (χ1) is 8.25. The molecule has 0 aromatic heterocycles. The van der Waals surface area contributed by atoms with Crippen LogP contribution in [-0.2, 0) is 0 Å². The van der Waals surface area contributed by atoms with E-state index in [1.807, 2.05) is 12.1 Å². The van der Waals surface area contributed by atoms with Crippen LogP contribution in [0.2, 0.25) is 0 Å². The Balaban J connectivity index is 1.91. The van der Waals surface area contributed by atoms with Crippen LogP contribution in [0.4, 0.5) is 5.69 Å². The number of phenolic OH excluding ortho intramolecular Hbond substituents is 1. The van der Waals surface area contributed by atoms with Crippen LogP contribution in [0.3, 0.4) is 0 Å². The lowest BCUT2D eigenvalue weighted by Gasteiger charge is -2.24. The van der Waals surface area contributed by atoms with Gasteiger partial charge in [-0.05, 0) is 62.5 Å². The molecule has 1 fully saturated rings. The average molecular weight is 234 g/mol. The Kier molecular flexibility index (Phi) is 4.26. The molecule has 94 valence electrons. The van der Waals surface area contributed by atoms with Gasteiger partial charge in [0.2, 0.25) is 0 Å². The first-order valence-corrected chi connectivity index (χ1v) is 6.46. The monoisotopic (exact) mass is 234 g/mol. The van der Waals surface area contributed by atoms with Crippen LogP contribution >= 0.6 is 0 Å². The van der Waals surface area contributed by atoms with Crippen molar-refractivity contribution in [2.45, 2.75) is 19.3 Å². The van der Waals surface area contributed by atoms with Crippen molar-refractivity contribution < 1.29 is 5.11 Å². The normalized spacial score (nSPS) is 20.9. The molecule has 0 spiro atoms. The highest BCUT2D eigenvalue weighted by molar-refractivity contribution is 5.48. The number of benzene rings is 1. The number of hydrogen-bond acceptors (Lipinski definition) is 3. The van der Waals surface area contributed by atoms with Crippen LogP contribution in [0, 0.1) is 5.92 Å². The van der Waals surface area contributed by atoms with E-state index >= 15 is 0 Å². The third-order valence-corrected chi connectivity index (χ3v) is 3.52. The Bertz CT molecular complexity index is 329. The summed E-state index contributed by atoms with van der Waals surface area (Å²) in [5, 5.41) is 12.7. The van der Waals surface area contributed by atoms with Gasteiger partial charge in [0.1, 0.15) is 5.75 Å². The largest absolute Gasteiger partial charge is 0.508 e. The second-order valence-electron chi connectivity index (χ2n) is 4.94. The van der Waals surface area contributed by atoms with E-state index in [9.17, 15) is 5.11 Å². The van der Waals surface area contributed by atoms with E-state index in [-0.39, 0.29) is 0 Å². The van der Waals surface area contributed by atoms with Gasteiger partial charge in [0.05, 0.1) is 0 Å². The molecule has 1 heterocycles. The molecule has 2 rings (SSSR count). The molecular weight excluding hydrogens is 212 g/mol. The van der Waals surface area contributed by atoms with Crippen LogP contribution in [0.1, 0.15) is 19.3 Å². The summed E-state index contributed by atoms with van der Waals surface area (Å²) in [6, 6.07) is 7.45. The van der Waals surface area contributed by atoms with Crippen LogP contribution in [0.25, 0.3) is 0 Å². The third kappa shape index (κ3) is 3.63. The molecule has 17 heavy (non-hydrogen) atoms. The minimum absolute atomic E-state index is 0.334. The minimum atomic E-state index is 0.334. The quantitative estimate of drug-likeness (QED) is 0.841. The number of phenols is 1. The Hall–Kier alpha value is -1.22. The fourth-order valence-corrected chi connectivity index (χ4v) is 2.47. The summed E-state index contributed by atoms with van der Waals surface area (Å²) < 4.78 is 0. The molecular formula is C14H22N2O. The highest BCUT2D eigenvalue weighted by Gasteiger charge is 2.14. The second kappa shape index (κ2) is 5.92. The Morgan fingerprint density at radius 1 is 1.24 bits per heavy atom. The van der Waals surface area contributed by atoms with E-state index in [0.717, 1.165) is 19.0 Å². The van der Waals surface area contributed by atoms with Gasteiger partial charge in [-0.15, -0.1) is 0 Å². The number of nitrogens with one attached hydrogen (secondary N) is 1. The molecule has 1 saturated heterocycles. The molecule has 1 unspecified atom stereocenters. The number of aromatic hydroxyl groups is 1. The van der Waals surface area contributed by atoms with E-state index in [1.54, 1.807) is 12.1 Å². The first-order valence-electron chi connectivity index (χ1n) is 6.46. The molecule has 0 saturated carbocycles. The summed E-state index contributed by atoms with van der Waals surface area (Å²) in [7, 11) is 2.13. The van der Waals surface area contributed by atoms with E-state index < -0.39 is 0 Å². The Morgan fingerprint density at radius 2 is 2.00 bits per heavy atom. The second-order valence-corrected chi connectivity index (χ2v) is 4.94. The molecule has 0 aliphatic carbocycles. The lowest BCUT2D eigenvalue weighted by molar-refractivity contribution is 0.471. The average Bonchev–Trinajstić information content (AvgIpc) is 2.58. The summed E-state index contributed by atoms with van der Waals surface area (Å²) in [5.41, 5.74) is 1.18. The van der Waals surface area contributed by atoms with Gasteiger partial charge in [0, 0.05) is 19.3 Å². The first kappa shape index (κ1) is 12.2. The maximum Gasteiger partial charge on any atom is 0.115 e. The molecule has 3 nitrogen and oxygen atoms in total. The zero-order valence-electron chi connectivity index (χ0n) is 10.5. The molecule has 0 amide bonds. The van der Waals surface area contributed by atoms with E-state index in [2.05, 4.69) is 17.3 Å². The van der Waals surface area contributed by atoms with Gasteiger partial charge in [-0.25, -0.2) is 0 Å². The molecule has 0 radical (unpaired) electrons. The van der Waals surface area contributed by atoms with Crippen molar-refractivity contribution in [2.24, 2.45) is 5.92 Å². The van der Waals surface area contributed by atoms with Gasteiger partial charge in [0.25, 0.3) is 0 Å². The zero-order valence-corrected chi connectivity index (χ0v) is 10.5. The Labute approximate surface area is 103 Å². The fourth-order valence-electron chi connectivity index (χ4n) is 2.47. The van der Waals surface area contributed by atoms with Crippen LogP contribution in [0.5, 0.6) is 5.75 Å². The van der Waals surface area contributed by atoms with Gasteiger partial charge in [0.15, 0.2) is 0 Å². The number of anilines is 1. The van der Waals surface area contributed by atoms with Crippen molar-refractivity contribution in [3.05, 3.63) is 24.3 Å². The van der Waals surface area contributed by atoms with Crippen LogP contribution in [0.15, 0.2) is 24.3 Å². The summed E-state index contributed by atoms with van der Waals surface area (Å²) in [6.45, 7) is 3.42. The Morgan fingerprint density at radius 3 is 2.76 bits per heavy atom. The molecule has 2 N–H and O–H groups in total. The van der Waals surface area contributed by atoms with Crippen LogP contribution in [-0.4, -0.2) is 31.8 Å². The van der Waals surface area contributed by atoms with Gasteiger partial charge < -0.3 is 15.3 Å². The van der Waals surface area contributed by atoms with Gasteiger partial charge >= 0.3 is 0 Å². The van der Waals surface area contributed by atoms with E-state index in [0.29, 0.717) is 5.75 Å². The van der Waals surface area contributed by atoms with E-state index in [1.165, 1.54) is 31.5 Å². The molecule has 1 aromatic carbocycles. The van der Waals surface area contributed by atoms with Gasteiger partial charge in [-0.2, -0.15) is 0 Å². The number of nitrogens with zero attached hydrogens (tertiary/aromatic N) is 1. The van der Waals surface area contributed by atoms with Gasteiger partial charge in [-0.3, -0.25) is 0 Å². The number of hydrogen-bond donors (Lipinski definition) is 2. The maximum atomic E-state index is 9.27. The summed E-state index contributed by atoms with van der Waals surface area (Å²) in [5.74, 6) is 1.12. The van der Waals surface area contributed by atoms with Gasteiger partial charge in [-0.1, -0.05) is 0 Å². The van der Waals surface area contributed by atoms with E-state index in [4.69, 9.17) is 0 Å². The molecule has 1 aromatic rings. The topological polar surface area (TPSA) is 35.5 Å². The van der Waals surface area contributed by atoms with Crippen molar-refractivity contribution in [3.63, 3.8) is 0 Å². The summed E-state index contributed by atoms with van der Waals surface area (Å²) in [4.78, 5) is 2.29. The molecule has 1 aliphatic rings. The number of rotatable bonds is 3. The van der Waals surface area contributed by atoms with Crippen molar-refractivity contribution >= 4 is 5.69 Å². The van der Waals surface area contributed by atoms with Crippen molar-refractivity contribution in [3.8, 4) is 5.75 Å². The van der Waals surface area contributed by atoms with Crippen molar-refractivity contribution in [1.82, 2.24) is 5.32 Å². The zero-order chi connectivity index (χ0) is 12.1. The maximum absolute atomic E-state index is 9.27. The highest BCUT2D eigenvalue weighted by atomic mass is 16.3. The minimum Gasteiger partial charge on any atom is -0.508 e.